The van der Waals surface area contributed by atoms with E-state index in [9.17, 15) is 4.79 Å². The third-order valence-corrected chi connectivity index (χ3v) is 9.29. The van der Waals surface area contributed by atoms with Gasteiger partial charge in [0.1, 0.15) is 12.4 Å². The summed E-state index contributed by atoms with van der Waals surface area (Å²) in [5, 5.41) is 1.04. The minimum atomic E-state index is 0.217. The Labute approximate surface area is 231 Å². The molecule has 5 rings (SSSR count). The molecule has 1 fully saturated rings. The van der Waals surface area contributed by atoms with Crippen molar-refractivity contribution in [3.63, 3.8) is 0 Å². The van der Waals surface area contributed by atoms with E-state index < -0.39 is 0 Å². The van der Waals surface area contributed by atoms with E-state index in [0.717, 1.165) is 79.7 Å². The minimum Gasteiger partial charge on any atom is -0.492 e. The predicted octanol–water partition coefficient (Wildman–Crippen LogP) is 5.61. The van der Waals surface area contributed by atoms with Crippen LogP contribution in [0.25, 0.3) is 0 Å². The fourth-order valence-corrected chi connectivity index (χ4v) is 7.02. The lowest BCUT2D eigenvalue weighted by Gasteiger charge is -2.45. The highest BCUT2D eigenvalue weighted by molar-refractivity contribution is 7.11. The second-order valence-electron chi connectivity index (χ2n) is 11.0. The van der Waals surface area contributed by atoms with Crippen LogP contribution in [0.2, 0.25) is 0 Å². The molecule has 4 heterocycles. The Balaban J connectivity index is 1.29. The maximum Gasteiger partial charge on any atom is 0.227 e. The van der Waals surface area contributed by atoms with Gasteiger partial charge in [0, 0.05) is 50.0 Å². The summed E-state index contributed by atoms with van der Waals surface area (Å²) in [6.45, 7) is 9.16. The van der Waals surface area contributed by atoms with Gasteiger partial charge < -0.3 is 9.64 Å². The van der Waals surface area contributed by atoms with E-state index in [4.69, 9.17) is 4.74 Å². The molecule has 0 N–H and O–H groups in total. The number of pyridine rings is 1. The number of likely N-dealkylation sites (tertiary alicyclic amines) is 1. The number of piperidine rings is 1. The summed E-state index contributed by atoms with van der Waals surface area (Å²) in [7, 11) is 0. The highest BCUT2D eigenvalue weighted by atomic mass is 32.1. The number of hydrogen-bond donors (Lipinski definition) is 0. The van der Waals surface area contributed by atoms with Gasteiger partial charge in [-0.1, -0.05) is 30.7 Å². The predicted molar refractivity (Wildman–Crippen MR) is 153 cm³/mol. The van der Waals surface area contributed by atoms with Crippen molar-refractivity contribution in [1.29, 1.82) is 0 Å². The number of carbonyl (C=O) groups is 1. The van der Waals surface area contributed by atoms with Crippen LogP contribution in [0.4, 0.5) is 0 Å². The molecule has 0 saturated carbocycles. The van der Waals surface area contributed by atoms with Gasteiger partial charge in [0.25, 0.3) is 0 Å². The maximum atomic E-state index is 13.2. The van der Waals surface area contributed by atoms with E-state index in [1.165, 1.54) is 24.0 Å². The molecular formula is C31H40N4O2S. The molecule has 0 bridgehead atoms. The monoisotopic (exact) mass is 532 g/mol. The number of fused-ring (bicyclic) bond motifs is 1. The molecule has 0 aliphatic carbocycles. The van der Waals surface area contributed by atoms with Gasteiger partial charge >= 0.3 is 0 Å². The van der Waals surface area contributed by atoms with Crippen molar-refractivity contribution >= 4 is 17.2 Å². The smallest absolute Gasteiger partial charge is 0.227 e. The van der Waals surface area contributed by atoms with Crippen molar-refractivity contribution < 1.29 is 9.53 Å². The number of rotatable bonds is 4. The number of para-hydroxylation sites is 1. The first-order valence-corrected chi connectivity index (χ1v) is 14.8. The van der Waals surface area contributed by atoms with E-state index in [1.54, 1.807) is 11.3 Å². The summed E-state index contributed by atoms with van der Waals surface area (Å²) in [5.41, 5.74) is 3.77. The maximum absolute atomic E-state index is 13.2. The summed E-state index contributed by atoms with van der Waals surface area (Å²) in [6.07, 6.45) is 11.0. The summed E-state index contributed by atoms with van der Waals surface area (Å²) in [6, 6.07) is 12.7. The zero-order valence-electron chi connectivity index (χ0n) is 22.8. The van der Waals surface area contributed by atoms with E-state index in [0.29, 0.717) is 13.0 Å². The molecule has 1 amide bonds. The molecular weight excluding hydrogens is 492 g/mol. The van der Waals surface area contributed by atoms with Crippen molar-refractivity contribution in [3.8, 4) is 5.75 Å². The molecule has 3 aromatic rings. The van der Waals surface area contributed by atoms with Crippen LogP contribution < -0.4 is 4.74 Å². The van der Waals surface area contributed by atoms with Crippen molar-refractivity contribution in [3.05, 3.63) is 75.5 Å². The second kappa shape index (κ2) is 12.4. The Kier molecular flexibility index (Phi) is 8.75. The van der Waals surface area contributed by atoms with Crippen LogP contribution in [0.5, 0.6) is 5.75 Å². The zero-order valence-corrected chi connectivity index (χ0v) is 23.6. The van der Waals surface area contributed by atoms with Crippen molar-refractivity contribution in [2.24, 2.45) is 5.41 Å². The Hall–Kier alpha value is -2.77. The highest BCUT2D eigenvalue weighted by Crippen LogP contribution is 2.39. The summed E-state index contributed by atoms with van der Waals surface area (Å²) in [5.74, 6) is 1.28. The van der Waals surface area contributed by atoms with Gasteiger partial charge in [-0.3, -0.25) is 14.7 Å². The van der Waals surface area contributed by atoms with Gasteiger partial charge in [-0.05, 0) is 74.6 Å². The van der Waals surface area contributed by atoms with E-state index in [-0.39, 0.29) is 11.3 Å². The third-order valence-electron chi connectivity index (χ3n) is 8.22. The van der Waals surface area contributed by atoms with Gasteiger partial charge in [-0.15, -0.1) is 11.3 Å². The average Bonchev–Trinajstić information content (AvgIpc) is 3.23. The Morgan fingerprint density at radius 1 is 1.05 bits per heavy atom. The molecule has 0 unspecified atom stereocenters. The SMILES string of the molecule is Cc1nc(C)c(CC(=O)N2CCC3(CCCCc4ccccc4OCCN(Cc4cccnc4)C3)CC2)s1. The van der Waals surface area contributed by atoms with Crippen molar-refractivity contribution in [2.75, 3.05) is 32.8 Å². The molecule has 1 aromatic carbocycles. The Bertz CT molecular complexity index is 1200. The number of carbonyl (C=O) groups excluding carboxylic acids is 1. The molecule has 7 heteroatoms. The van der Waals surface area contributed by atoms with Crippen molar-refractivity contribution in [1.82, 2.24) is 19.8 Å². The Morgan fingerprint density at radius 3 is 2.66 bits per heavy atom. The number of nitrogens with zero attached hydrogens (tertiary/aromatic N) is 4. The van der Waals surface area contributed by atoms with Gasteiger partial charge in [0.15, 0.2) is 0 Å². The standard InChI is InChI=1S/C31H40N4O2S/c1-24-29(38-25(2)33-24)20-30(36)35-16-13-31(14-17-35)12-6-5-10-27-9-3-4-11-28(27)37-19-18-34(23-31)22-26-8-7-15-32-21-26/h3-4,7-9,11,15,21H,5-6,10,12-14,16-20,22-23H2,1-2H3. The fourth-order valence-electron chi connectivity index (χ4n) is 6.09. The molecule has 1 saturated heterocycles. The van der Waals surface area contributed by atoms with Crippen LogP contribution in [0, 0.1) is 19.3 Å². The van der Waals surface area contributed by atoms with Gasteiger partial charge in [-0.25, -0.2) is 4.98 Å². The lowest BCUT2D eigenvalue weighted by atomic mass is 9.73. The number of amides is 1. The van der Waals surface area contributed by atoms with Crippen LogP contribution in [0.3, 0.4) is 0 Å². The fraction of sp³-hybridized carbons (Fsp3) is 0.516. The molecule has 202 valence electrons. The van der Waals surface area contributed by atoms with Crippen LogP contribution >= 0.6 is 11.3 Å². The van der Waals surface area contributed by atoms with Crippen LogP contribution in [0.1, 0.15) is 58.8 Å². The lowest BCUT2D eigenvalue weighted by molar-refractivity contribution is -0.133. The van der Waals surface area contributed by atoms with E-state index >= 15 is 0 Å². The van der Waals surface area contributed by atoms with Crippen molar-refractivity contribution in [2.45, 2.75) is 65.3 Å². The second-order valence-corrected chi connectivity index (χ2v) is 12.3. The third kappa shape index (κ3) is 6.80. The number of aromatic nitrogens is 2. The summed E-state index contributed by atoms with van der Waals surface area (Å²) < 4.78 is 6.31. The van der Waals surface area contributed by atoms with Gasteiger partial charge in [-0.2, -0.15) is 0 Å². The quantitative estimate of drug-likeness (QED) is 0.437. The molecule has 0 atom stereocenters. The largest absolute Gasteiger partial charge is 0.492 e. The minimum absolute atomic E-state index is 0.217. The molecule has 6 nitrogen and oxygen atoms in total. The van der Waals surface area contributed by atoms with Crippen LogP contribution in [-0.4, -0.2) is 58.5 Å². The number of aryl methyl sites for hydroxylation is 3. The summed E-state index contributed by atoms with van der Waals surface area (Å²) in [4.78, 5) is 27.8. The average molecular weight is 533 g/mol. The topological polar surface area (TPSA) is 58.6 Å². The molecule has 0 radical (unpaired) electrons. The first-order chi connectivity index (χ1) is 18.5. The summed E-state index contributed by atoms with van der Waals surface area (Å²) >= 11 is 1.66. The van der Waals surface area contributed by atoms with E-state index in [1.807, 2.05) is 32.3 Å². The number of benzene rings is 1. The zero-order chi connectivity index (χ0) is 26.4. The van der Waals surface area contributed by atoms with E-state index in [2.05, 4.69) is 50.1 Å². The first-order valence-electron chi connectivity index (χ1n) is 14.0. The highest BCUT2D eigenvalue weighted by Gasteiger charge is 2.37. The van der Waals surface area contributed by atoms with Gasteiger partial charge in [0.2, 0.25) is 5.91 Å². The molecule has 2 aliphatic rings. The normalized spacial score (nSPS) is 18.7. The molecule has 2 aromatic heterocycles. The Morgan fingerprint density at radius 2 is 1.89 bits per heavy atom. The molecule has 1 spiro atoms. The number of hydrogen-bond acceptors (Lipinski definition) is 6. The molecule has 2 aliphatic heterocycles. The lowest BCUT2D eigenvalue weighted by Crippen LogP contribution is -2.48. The first kappa shape index (κ1) is 26.8. The molecule has 38 heavy (non-hydrogen) atoms. The van der Waals surface area contributed by atoms with Crippen LogP contribution in [0.15, 0.2) is 48.8 Å². The van der Waals surface area contributed by atoms with Gasteiger partial charge in [0.05, 0.1) is 17.1 Å². The number of thiazole rings is 1. The number of ether oxygens (including phenoxy) is 1. The van der Waals surface area contributed by atoms with Crippen LogP contribution in [-0.2, 0) is 24.2 Å².